The minimum absolute atomic E-state index is 0.114. The molecular formula is C27H25ClN4OS. The summed E-state index contributed by atoms with van der Waals surface area (Å²) < 4.78 is 7.71. The lowest BCUT2D eigenvalue weighted by atomic mass is 9.96. The molecule has 3 heterocycles. The summed E-state index contributed by atoms with van der Waals surface area (Å²) in [5, 5.41) is 4.89. The largest absolute Gasteiger partial charge is 0.497 e. The highest BCUT2D eigenvalue weighted by atomic mass is 35.5. The number of ether oxygens (including phenoxy) is 1. The summed E-state index contributed by atoms with van der Waals surface area (Å²) in [6, 6.07) is 23.8. The van der Waals surface area contributed by atoms with Crippen molar-refractivity contribution in [2.45, 2.75) is 25.9 Å². The lowest BCUT2D eigenvalue weighted by Gasteiger charge is -2.28. The van der Waals surface area contributed by atoms with E-state index in [0.29, 0.717) is 10.1 Å². The number of thiocarbonyl (C=S) groups is 1. The van der Waals surface area contributed by atoms with Gasteiger partial charge in [-0.15, -0.1) is 0 Å². The number of pyridine rings is 1. The van der Waals surface area contributed by atoms with Gasteiger partial charge in [0.1, 0.15) is 5.75 Å². The van der Waals surface area contributed by atoms with Gasteiger partial charge in [0.2, 0.25) is 0 Å². The molecule has 7 heteroatoms. The molecule has 4 aromatic rings. The van der Waals surface area contributed by atoms with Crippen LogP contribution < -0.4 is 15.0 Å². The first-order valence-corrected chi connectivity index (χ1v) is 11.9. The average Bonchev–Trinajstić information content (AvgIpc) is 3.35. The van der Waals surface area contributed by atoms with Crippen molar-refractivity contribution in [3.63, 3.8) is 0 Å². The maximum Gasteiger partial charge on any atom is 0.174 e. The highest BCUT2D eigenvalue weighted by Gasteiger charge is 2.42. The molecule has 5 nitrogen and oxygen atoms in total. The second-order valence-corrected chi connectivity index (χ2v) is 9.11. The van der Waals surface area contributed by atoms with Gasteiger partial charge in [0.15, 0.2) is 5.11 Å². The lowest BCUT2D eigenvalue weighted by molar-refractivity contribution is 0.415. The fraction of sp³-hybridized carbons (Fsp3) is 0.185. The van der Waals surface area contributed by atoms with E-state index in [4.69, 9.17) is 28.6 Å². The van der Waals surface area contributed by atoms with Crippen molar-refractivity contribution in [3.8, 4) is 11.4 Å². The third-order valence-corrected chi connectivity index (χ3v) is 6.95. The molecule has 1 N–H and O–H groups in total. The van der Waals surface area contributed by atoms with Gasteiger partial charge in [0, 0.05) is 29.3 Å². The van der Waals surface area contributed by atoms with Crippen LogP contribution in [-0.4, -0.2) is 21.8 Å². The van der Waals surface area contributed by atoms with Gasteiger partial charge in [-0.1, -0.05) is 35.9 Å². The SMILES string of the molecule is COc1cccc(N2C(=S)N[C@H](c3ccccn3)[C@H]2c2cc(C)n(-c3ccccc3Cl)c2C)c1. The van der Waals surface area contributed by atoms with Crippen LogP contribution in [0.1, 0.15) is 34.7 Å². The van der Waals surface area contributed by atoms with Crippen molar-refractivity contribution >= 4 is 34.6 Å². The third-order valence-electron chi connectivity index (χ3n) is 6.31. The molecule has 1 aliphatic rings. The van der Waals surface area contributed by atoms with Crippen molar-refractivity contribution in [1.82, 2.24) is 14.9 Å². The predicted octanol–water partition coefficient (Wildman–Crippen LogP) is 6.33. The summed E-state index contributed by atoms with van der Waals surface area (Å²) in [4.78, 5) is 6.83. The van der Waals surface area contributed by atoms with Crippen LogP contribution in [0.3, 0.4) is 0 Å². The summed E-state index contributed by atoms with van der Waals surface area (Å²) in [5.74, 6) is 0.780. The summed E-state index contributed by atoms with van der Waals surface area (Å²) in [5.41, 5.74) is 6.22. The predicted molar refractivity (Wildman–Crippen MR) is 141 cm³/mol. The molecule has 0 spiro atoms. The first-order chi connectivity index (χ1) is 16.5. The van der Waals surface area contributed by atoms with E-state index >= 15 is 0 Å². The van der Waals surface area contributed by atoms with Crippen LogP contribution in [0.15, 0.2) is 79.0 Å². The zero-order chi connectivity index (χ0) is 23.8. The molecule has 34 heavy (non-hydrogen) atoms. The van der Waals surface area contributed by atoms with Gasteiger partial charge in [-0.25, -0.2) is 0 Å². The molecule has 1 aliphatic heterocycles. The maximum absolute atomic E-state index is 6.59. The number of hydrogen-bond donors (Lipinski definition) is 1. The minimum Gasteiger partial charge on any atom is -0.497 e. The highest BCUT2D eigenvalue weighted by Crippen LogP contribution is 2.44. The van der Waals surface area contributed by atoms with Crippen LogP contribution in [0.5, 0.6) is 5.75 Å². The minimum atomic E-state index is -0.125. The lowest BCUT2D eigenvalue weighted by Crippen LogP contribution is -2.29. The summed E-state index contributed by atoms with van der Waals surface area (Å²) in [6.45, 7) is 4.23. The van der Waals surface area contributed by atoms with Crippen LogP contribution in [0.4, 0.5) is 5.69 Å². The molecule has 0 radical (unpaired) electrons. The van der Waals surface area contributed by atoms with E-state index in [9.17, 15) is 0 Å². The molecule has 2 atom stereocenters. The Labute approximate surface area is 210 Å². The van der Waals surface area contributed by atoms with Crippen LogP contribution in [0.25, 0.3) is 5.69 Å². The first-order valence-electron chi connectivity index (χ1n) is 11.1. The number of nitrogens with zero attached hydrogens (tertiary/aromatic N) is 3. The Kier molecular flexibility index (Phi) is 6.02. The number of halogens is 1. The van der Waals surface area contributed by atoms with E-state index in [1.165, 1.54) is 0 Å². The monoisotopic (exact) mass is 488 g/mol. The van der Waals surface area contributed by atoms with Gasteiger partial charge in [-0.2, -0.15) is 0 Å². The van der Waals surface area contributed by atoms with E-state index < -0.39 is 0 Å². The molecule has 2 aromatic carbocycles. The van der Waals surface area contributed by atoms with Gasteiger partial charge >= 0.3 is 0 Å². The number of rotatable bonds is 5. The van der Waals surface area contributed by atoms with Gasteiger partial charge < -0.3 is 19.5 Å². The average molecular weight is 489 g/mol. The van der Waals surface area contributed by atoms with Crippen molar-refractivity contribution in [1.29, 1.82) is 0 Å². The molecule has 1 saturated heterocycles. The van der Waals surface area contributed by atoms with E-state index in [1.54, 1.807) is 7.11 Å². The van der Waals surface area contributed by atoms with E-state index in [2.05, 4.69) is 45.7 Å². The van der Waals surface area contributed by atoms with Crippen LogP contribution >= 0.6 is 23.8 Å². The molecule has 0 unspecified atom stereocenters. The Morgan fingerprint density at radius 3 is 2.53 bits per heavy atom. The molecule has 2 aromatic heterocycles. The Hall–Kier alpha value is -3.35. The maximum atomic E-state index is 6.59. The Morgan fingerprint density at radius 1 is 1.00 bits per heavy atom. The van der Waals surface area contributed by atoms with Gasteiger partial charge in [-0.05, 0) is 74.1 Å². The van der Waals surface area contributed by atoms with Gasteiger partial charge in [-0.3, -0.25) is 4.98 Å². The van der Waals surface area contributed by atoms with Gasteiger partial charge in [0.05, 0.1) is 35.6 Å². The van der Waals surface area contributed by atoms with E-state index in [1.807, 2.05) is 66.9 Å². The molecule has 0 saturated carbocycles. The van der Waals surface area contributed by atoms with Crippen molar-refractivity contribution in [2.75, 3.05) is 12.0 Å². The zero-order valence-electron chi connectivity index (χ0n) is 19.2. The van der Waals surface area contributed by atoms with Crippen LogP contribution in [-0.2, 0) is 0 Å². The number of nitrogens with one attached hydrogen (secondary N) is 1. The normalized spacial score (nSPS) is 17.6. The fourth-order valence-corrected chi connectivity index (χ4v) is 5.37. The van der Waals surface area contributed by atoms with E-state index in [-0.39, 0.29) is 12.1 Å². The highest BCUT2D eigenvalue weighted by molar-refractivity contribution is 7.80. The number of methoxy groups -OCH3 is 1. The molecule has 172 valence electrons. The fourth-order valence-electron chi connectivity index (χ4n) is 4.80. The quantitative estimate of drug-likeness (QED) is 0.332. The summed E-state index contributed by atoms with van der Waals surface area (Å²) in [6.07, 6.45) is 1.82. The smallest absolute Gasteiger partial charge is 0.174 e. The standard InChI is InChI=1S/C27H25ClN4OS/c1-17-15-21(18(2)31(17)24-13-5-4-11-22(24)28)26-25(23-12-6-7-14-29-23)30-27(34)32(26)19-9-8-10-20(16-19)33-3/h4-16,25-26H,1-3H3,(H,30,34)/t25-,26-/m1/s1. The van der Waals surface area contributed by atoms with Crippen molar-refractivity contribution < 1.29 is 4.74 Å². The van der Waals surface area contributed by atoms with Crippen LogP contribution in [0, 0.1) is 13.8 Å². The van der Waals surface area contributed by atoms with E-state index in [0.717, 1.165) is 39.8 Å². The molecule has 5 rings (SSSR count). The molecule has 0 bridgehead atoms. The Morgan fingerprint density at radius 2 is 1.79 bits per heavy atom. The molecule has 0 amide bonds. The Bertz CT molecular complexity index is 1350. The second-order valence-electron chi connectivity index (χ2n) is 8.31. The van der Waals surface area contributed by atoms with Crippen molar-refractivity contribution in [2.24, 2.45) is 0 Å². The first kappa shape index (κ1) is 22.4. The number of para-hydroxylation sites is 1. The number of aromatic nitrogens is 2. The molecular weight excluding hydrogens is 464 g/mol. The number of benzene rings is 2. The molecule has 1 fully saturated rings. The van der Waals surface area contributed by atoms with Gasteiger partial charge in [0.25, 0.3) is 0 Å². The summed E-state index contributed by atoms with van der Waals surface area (Å²) in [7, 11) is 1.67. The summed E-state index contributed by atoms with van der Waals surface area (Å²) >= 11 is 12.5. The number of anilines is 1. The Balaban J connectivity index is 1.70. The zero-order valence-corrected chi connectivity index (χ0v) is 20.8. The number of aryl methyl sites for hydroxylation is 1. The topological polar surface area (TPSA) is 42.3 Å². The van der Waals surface area contributed by atoms with Crippen molar-refractivity contribution in [3.05, 3.63) is 107 Å². The second kappa shape index (κ2) is 9.12. The molecule has 0 aliphatic carbocycles. The number of hydrogen-bond acceptors (Lipinski definition) is 3. The van der Waals surface area contributed by atoms with Crippen LogP contribution in [0.2, 0.25) is 5.02 Å². The third kappa shape index (κ3) is 3.83.